The van der Waals surface area contributed by atoms with Gasteiger partial charge in [0, 0.05) is 10.6 Å². The fourth-order valence-corrected chi connectivity index (χ4v) is 3.83. The Morgan fingerprint density at radius 2 is 1.76 bits per heavy atom. The number of nitrogens with zero attached hydrogens (tertiary/aromatic N) is 3. The lowest BCUT2D eigenvalue weighted by molar-refractivity contribution is -0.207. The first-order valence-electron chi connectivity index (χ1n) is 11.6. The van der Waals surface area contributed by atoms with Crippen molar-refractivity contribution in [2.45, 2.75) is 44.0 Å². The zero-order chi connectivity index (χ0) is 30.5. The largest absolute Gasteiger partial charge is 0.448 e. The second-order valence-corrected chi connectivity index (χ2v) is 9.17. The predicted molar refractivity (Wildman–Crippen MR) is 132 cm³/mol. The van der Waals surface area contributed by atoms with E-state index in [4.69, 9.17) is 17.3 Å². The highest BCUT2D eigenvalue weighted by molar-refractivity contribution is 6.30. The lowest BCUT2D eigenvalue weighted by Crippen LogP contribution is -2.44. The van der Waals surface area contributed by atoms with Crippen LogP contribution >= 0.6 is 11.6 Å². The van der Waals surface area contributed by atoms with Crippen LogP contribution in [-0.4, -0.2) is 56.4 Å². The number of nitrogens with one attached hydrogen (secondary N) is 1. The third-order valence-electron chi connectivity index (χ3n) is 5.58. The number of amides is 2. The maximum absolute atomic E-state index is 13.1. The van der Waals surface area contributed by atoms with Crippen molar-refractivity contribution in [2.24, 2.45) is 5.73 Å². The van der Waals surface area contributed by atoms with E-state index in [-0.39, 0.29) is 28.4 Å². The van der Waals surface area contributed by atoms with Crippen LogP contribution in [0.5, 0.6) is 0 Å². The maximum atomic E-state index is 13.1. The van der Waals surface area contributed by atoms with Gasteiger partial charge in [-0.1, -0.05) is 29.8 Å². The molecule has 10 nitrogen and oxygen atoms in total. The Kier molecular flexibility index (Phi) is 9.70. The molecule has 17 heteroatoms. The summed E-state index contributed by atoms with van der Waals surface area (Å²) in [5.41, 5.74) is 3.10. The fraction of sp³-hybridized carbons (Fsp3) is 0.333. The van der Waals surface area contributed by atoms with E-state index in [2.05, 4.69) is 15.2 Å². The van der Waals surface area contributed by atoms with Crippen LogP contribution in [0.3, 0.4) is 0 Å². The molecule has 2 unspecified atom stereocenters. The number of ether oxygens (including phenoxy) is 1. The summed E-state index contributed by atoms with van der Waals surface area (Å²) in [7, 11) is 0. The van der Waals surface area contributed by atoms with Gasteiger partial charge in [-0.15, -0.1) is 5.10 Å². The molecule has 2 amide bonds. The Morgan fingerprint density at radius 3 is 2.34 bits per heavy atom. The Hall–Kier alpha value is -4.05. The molecule has 3 aromatic rings. The number of aromatic nitrogens is 3. The Balaban J connectivity index is 1.87. The summed E-state index contributed by atoms with van der Waals surface area (Å²) >= 11 is 5.84. The number of benzene rings is 2. The fourth-order valence-electron chi connectivity index (χ4n) is 3.70. The van der Waals surface area contributed by atoms with Crippen LogP contribution in [0, 0.1) is 0 Å². The third-order valence-corrected chi connectivity index (χ3v) is 5.83. The van der Waals surface area contributed by atoms with Crippen molar-refractivity contribution in [2.75, 3.05) is 6.61 Å². The van der Waals surface area contributed by atoms with Gasteiger partial charge in [0.25, 0.3) is 0 Å². The van der Waals surface area contributed by atoms with E-state index < -0.39 is 67.4 Å². The van der Waals surface area contributed by atoms with E-state index in [0.29, 0.717) is 9.25 Å². The molecule has 0 bridgehead atoms. The van der Waals surface area contributed by atoms with Gasteiger partial charge in [0.05, 0.1) is 18.2 Å². The minimum atomic E-state index is -5.06. The van der Waals surface area contributed by atoms with Gasteiger partial charge in [-0.2, -0.15) is 26.3 Å². The number of rotatable bonds is 10. The van der Waals surface area contributed by atoms with Gasteiger partial charge < -0.3 is 20.9 Å². The molecule has 3 rings (SSSR count). The first-order chi connectivity index (χ1) is 19.0. The average Bonchev–Trinajstić information content (AvgIpc) is 3.16. The van der Waals surface area contributed by atoms with Crippen LogP contribution in [0.25, 0.3) is 11.4 Å². The minimum Gasteiger partial charge on any atom is -0.448 e. The van der Waals surface area contributed by atoms with E-state index in [9.17, 15) is 45.8 Å². The van der Waals surface area contributed by atoms with Crippen molar-refractivity contribution in [3.63, 3.8) is 0 Å². The number of halogens is 7. The first kappa shape index (κ1) is 31.5. The van der Waals surface area contributed by atoms with Crippen molar-refractivity contribution in [1.29, 1.82) is 0 Å². The van der Waals surface area contributed by atoms with Crippen LogP contribution in [0.4, 0.5) is 31.1 Å². The van der Waals surface area contributed by atoms with Crippen molar-refractivity contribution in [1.82, 2.24) is 19.7 Å². The highest BCUT2D eigenvalue weighted by atomic mass is 35.5. The van der Waals surface area contributed by atoms with Crippen molar-refractivity contribution < 1.29 is 45.8 Å². The molecule has 41 heavy (non-hydrogen) atoms. The Bertz CT molecular complexity index is 1440. The Morgan fingerprint density at radius 1 is 1.10 bits per heavy atom. The number of carbonyl (C=O) groups is 2. The van der Waals surface area contributed by atoms with Gasteiger partial charge in [0.1, 0.15) is 13.2 Å². The smallest absolute Gasteiger partial charge is 0.416 e. The topological polar surface area (TPSA) is 141 Å². The summed E-state index contributed by atoms with van der Waals surface area (Å²) in [5.74, 6) is -1.25. The molecule has 0 aliphatic carbocycles. The number of primary amides is 1. The lowest BCUT2D eigenvalue weighted by atomic mass is 10.0. The van der Waals surface area contributed by atoms with Crippen LogP contribution in [-0.2, 0) is 35.2 Å². The molecule has 222 valence electrons. The summed E-state index contributed by atoms with van der Waals surface area (Å²) < 4.78 is 84.1. The van der Waals surface area contributed by atoms with Crippen molar-refractivity contribution in [3.8, 4) is 11.4 Å². The molecule has 1 heterocycles. The first-order valence-corrected chi connectivity index (χ1v) is 12.0. The van der Waals surface area contributed by atoms with E-state index in [0.717, 1.165) is 18.2 Å². The minimum absolute atomic E-state index is 0.116. The van der Waals surface area contributed by atoms with Gasteiger partial charge in [-0.05, 0) is 42.3 Å². The molecule has 0 saturated heterocycles. The highest BCUT2D eigenvalue weighted by Gasteiger charge is 2.39. The molecule has 0 spiro atoms. The maximum Gasteiger partial charge on any atom is 0.416 e. The number of alkyl halides is 6. The summed E-state index contributed by atoms with van der Waals surface area (Å²) in [6, 6.07) is 8.53. The lowest BCUT2D eigenvalue weighted by Gasteiger charge is -2.19. The van der Waals surface area contributed by atoms with E-state index in [1.807, 2.05) is 0 Å². The number of aliphatic hydroxyl groups excluding tert-OH is 1. The molecule has 4 N–H and O–H groups in total. The zero-order valence-corrected chi connectivity index (χ0v) is 21.5. The SMILES string of the molecule is NC(=O)OCC(Cc1cccc(C(F)(F)F)c1)NC(=O)Cn1nc(-c2ccc(Cl)cc2)n(CC(O)C(F)(F)F)c1=O. The highest BCUT2D eigenvalue weighted by Crippen LogP contribution is 2.30. The normalized spacial score (nSPS) is 13.5. The summed E-state index contributed by atoms with van der Waals surface area (Å²) in [4.78, 5) is 36.8. The second-order valence-electron chi connectivity index (χ2n) is 8.74. The number of aliphatic hydroxyl groups is 1. The van der Waals surface area contributed by atoms with E-state index >= 15 is 0 Å². The molecule has 0 aliphatic rings. The molecule has 0 saturated carbocycles. The van der Waals surface area contributed by atoms with Gasteiger partial charge in [0.2, 0.25) is 5.91 Å². The molecule has 1 aromatic heterocycles. The number of carbonyl (C=O) groups excluding carboxylic acids is 2. The number of nitrogens with two attached hydrogens (primary N) is 1. The molecule has 2 aromatic carbocycles. The van der Waals surface area contributed by atoms with Gasteiger partial charge >= 0.3 is 24.1 Å². The van der Waals surface area contributed by atoms with Crippen LogP contribution in [0.15, 0.2) is 53.3 Å². The predicted octanol–water partition coefficient (Wildman–Crippen LogP) is 3.13. The van der Waals surface area contributed by atoms with Crippen LogP contribution in [0.1, 0.15) is 11.1 Å². The quantitative estimate of drug-likeness (QED) is 0.302. The Labute approximate surface area is 232 Å². The number of hydrogen-bond acceptors (Lipinski definition) is 6. The van der Waals surface area contributed by atoms with Crippen molar-refractivity contribution in [3.05, 3.63) is 75.2 Å². The van der Waals surface area contributed by atoms with Gasteiger partial charge in [0.15, 0.2) is 11.9 Å². The monoisotopic (exact) mass is 609 g/mol. The van der Waals surface area contributed by atoms with Crippen LogP contribution < -0.4 is 16.7 Å². The molecule has 0 radical (unpaired) electrons. The molecular formula is C24H22ClF6N5O5. The third kappa shape index (κ3) is 8.72. The van der Waals surface area contributed by atoms with Crippen molar-refractivity contribution >= 4 is 23.6 Å². The zero-order valence-electron chi connectivity index (χ0n) is 20.7. The molecule has 0 fully saturated rings. The standard InChI is InChI=1S/C24H22ClF6N5O5/c25-16-6-4-14(5-7-16)20-34-36(22(40)35(20)10-18(37)24(29,30)31)11-19(38)33-17(12-41-21(32)39)9-13-2-1-3-15(8-13)23(26,27)28/h1-8,17-18,37H,9-12H2,(H2,32,39)(H,33,38). The molecule has 2 atom stereocenters. The van der Waals surface area contributed by atoms with E-state index in [1.54, 1.807) is 0 Å². The number of hydrogen-bond donors (Lipinski definition) is 3. The second kappa shape index (κ2) is 12.6. The van der Waals surface area contributed by atoms with Gasteiger partial charge in [-0.3, -0.25) is 9.36 Å². The average molecular weight is 610 g/mol. The van der Waals surface area contributed by atoms with Crippen LogP contribution in [0.2, 0.25) is 5.02 Å². The molecule has 0 aliphatic heterocycles. The summed E-state index contributed by atoms with van der Waals surface area (Å²) in [5, 5.41) is 16.2. The summed E-state index contributed by atoms with van der Waals surface area (Å²) in [6.45, 7) is -2.62. The van der Waals surface area contributed by atoms with E-state index in [1.165, 1.54) is 30.3 Å². The van der Waals surface area contributed by atoms with Gasteiger partial charge in [-0.25, -0.2) is 14.3 Å². The molecular weight excluding hydrogens is 588 g/mol. The summed E-state index contributed by atoms with van der Waals surface area (Å²) in [6.07, 6.45) is -14.1.